The number of benzene rings is 1. The molecule has 4 heteroatoms. The number of hydrogen-bond acceptors (Lipinski definition) is 3. The summed E-state index contributed by atoms with van der Waals surface area (Å²) in [6.07, 6.45) is 4.46. The number of quaternary nitrogens is 1. The molecule has 1 heterocycles. The molecule has 88 valence electrons. The van der Waals surface area contributed by atoms with Crippen LogP contribution in [0.5, 0.6) is 0 Å². The molecule has 3 N–H and O–H groups in total. The van der Waals surface area contributed by atoms with Crippen LogP contribution in [0.3, 0.4) is 0 Å². The Balaban J connectivity index is 2.28. The monoisotopic (exact) mass is 229 g/mol. The van der Waals surface area contributed by atoms with E-state index in [0.29, 0.717) is 0 Å². The first kappa shape index (κ1) is 11.7. The van der Waals surface area contributed by atoms with Gasteiger partial charge in [-0.25, -0.2) is 0 Å². The van der Waals surface area contributed by atoms with E-state index in [1.807, 2.05) is 19.2 Å². The lowest BCUT2D eigenvalue weighted by Gasteiger charge is -2.10. The summed E-state index contributed by atoms with van der Waals surface area (Å²) in [5, 5.41) is 8.68. The molecule has 0 radical (unpaired) electrons. The number of aromatic nitrogens is 2. The summed E-state index contributed by atoms with van der Waals surface area (Å²) in [5.74, 6) is 5.72. The lowest BCUT2D eigenvalue weighted by Crippen LogP contribution is -3.15. The zero-order valence-corrected chi connectivity index (χ0v) is 9.93. The van der Waals surface area contributed by atoms with Crippen LogP contribution in [0.25, 0.3) is 11.1 Å². The van der Waals surface area contributed by atoms with E-state index in [2.05, 4.69) is 28.4 Å². The van der Waals surface area contributed by atoms with Gasteiger partial charge in [-0.1, -0.05) is 24.3 Å². The standard InChI is InChI=1S/C13H16N4/c1-17(14)9-7-11-4-2-3-5-13(11)12-6-8-15-16-10-12/h2-6,8,10H,7,9,14H2,1H3/p+1. The molecule has 4 nitrogen and oxygen atoms in total. The van der Waals surface area contributed by atoms with Crippen LogP contribution in [0.2, 0.25) is 0 Å². The minimum atomic E-state index is 0.912. The van der Waals surface area contributed by atoms with Gasteiger partial charge in [0, 0.05) is 12.0 Å². The van der Waals surface area contributed by atoms with Crippen molar-refractivity contribution in [3.8, 4) is 11.1 Å². The van der Waals surface area contributed by atoms with E-state index in [1.165, 1.54) is 11.1 Å². The Morgan fingerprint density at radius 2 is 2.00 bits per heavy atom. The minimum Gasteiger partial charge on any atom is -0.262 e. The van der Waals surface area contributed by atoms with Gasteiger partial charge in [-0.15, -0.1) is 0 Å². The van der Waals surface area contributed by atoms with Gasteiger partial charge in [0.2, 0.25) is 0 Å². The second-order valence-electron chi connectivity index (χ2n) is 4.13. The fourth-order valence-electron chi connectivity index (χ4n) is 1.80. The molecule has 0 aliphatic carbocycles. The highest BCUT2D eigenvalue weighted by Gasteiger charge is 2.06. The molecule has 0 fully saturated rings. The first-order valence-electron chi connectivity index (χ1n) is 5.70. The van der Waals surface area contributed by atoms with Crippen molar-refractivity contribution in [1.29, 1.82) is 0 Å². The maximum atomic E-state index is 5.72. The van der Waals surface area contributed by atoms with Crippen LogP contribution < -0.4 is 10.9 Å². The molecular formula is C13H17N4+. The van der Waals surface area contributed by atoms with Crippen LogP contribution in [-0.2, 0) is 6.42 Å². The Kier molecular flexibility index (Phi) is 3.80. The van der Waals surface area contributed by atoms with Crippen molar-refractivity contribution in [2.75, 3.05) is 13.6 Å². The van der Waals surface area contributed by atoms with Gasteiger partial charge in [0.15, 0.2) is 0 Å². The van der Waals surface area contributed by atoms with Gasteiger partial charge >= 0.3 is 0 Å². The van der Waals surface area contributed by atoms with E-state index in [1.54, 1.807) is 12.4 Å². The molecule has 1 unspecified atom stereocenters. The van der Waals surface area contributed by atoms with Gasteiger partial charge in [0.05, 0.1) is 26.0 Å². The van der Waals surface area contributed by atoms with Crippen LogP contribution in [0, 0.1) is 0 Å². The number of nitrogens with zero attached hydrogens (tertiary/aromatic N) is 2. The van der Waals surface area contributed by atoms with E-state index >= 15 is 0 Å². The summed E-state index contributed by atoms with van der Waals surface area (Å²) in [4.78, 5) is 0. The van der Waals surface area contributed by atoms with Gasteiger partial charge in [-0.05, 0) is 17.2 Å². The van der Waals surface area contributed by atoms with Gasteiger partial charge in [-0.2, -0.15) is 16.0 Å². The Morgan fingerprint density at radius 3 is 2.71 bits per heavy atom. The highest BCUT2D eigenvalue weighted by molar-refractivity contribution is 5.66. The molecule has 1 aromatic carbocycles. The minimum absolute atomic E-state index is 0.912. The molecule has 1 aromatic heterocycles. The summed E-state index contributed by atoms with van der Waals surface area (Å²) >= 11 is 0. The second kappa shape index (κ2) is 5.52. The van der Waals surface area contributed by atoms with E-state index in [4.69, 9.17) is 5.84 Å². The zero-order valence-electron chi connectivity index (χ0n) is 9.93. The van der Waals surface area contributed by atoms with Crippen molar-refractivity contribution in [3.05, 3.63) is 48.3 Å². The van der Waals surface area contributed by atoms with Crippen molar-refractivity contribution in [1.82, 2.24) is 10.2 Å². The quantitative estimate of drug-likeness (QED) is 0.576. The Labute approximate surface area is 101 Å². The molecule has 0 bridgehead atoms. The number of nitrogens with one attached hydrogen (secondary N) is 1. The molecule has 0 aliphatic heterocycles. The van der Waals surface area contributed by atoms with Crippen molar-refractivity contribution in [2.45, 2.75) is 6.42 Å². The average Bonchev–Trinajstić information content (AvgIpc) is 2.38. The highest BCUT2D eigenvalue weighted by atomic mass is 15.4. The third-order valence-corrected chi connectivity index (χ3v) is 2.70. The fraction of sp³-hybridized carbons (Fsp3) is 0.231. The second-order valence-corrected chi connectivity index (χ2v) is 4.13. The Hall–Kier alpha value is -1.78. The summed E-state index contributed by atoms with van der Waals surface area (Å²) in [5.41, 5.74) is 3.61. The SMILES string of the molecule is C[NH+](N)CCc1ccccc1-c1ccnnc1. The molecule has 0 saturated carbocycles. The number of nitrogens with two attached hydrogens (primary N) is 1. The van der Waals surface area contributed by atoms with Gasteiger partial charge < -0.3 is 0 Å². The number of hydrogen-bond donors (Lipinski definition) is 2. The van der Waals surface area contributed by atoms with E-state index in [9.17, 15) is 0 Å². The Morgan fingerprint density at radius 1 is 1.18 bits per heavy atom. The average molecular weight is 229 g/mol. The molecule has 0 amide bonds. The summed E-state index contributed by atoms with van der Waals surface area (Å²) < 4.78 is 0. The van der Waals surface area contributed by atoms with Crippen LogP contribution >= 0.6 is 0 Å². The largest absolute Gasteiger partial charge is 0.262 e. The summed E-state index contributed by atoms with van der Waals surface area (Å²) in [6, 6.07) is 10.3. The van der Waals surface area contributed by atoms with Gasteiger partial charge in [0.1, 0.15) is 0 Å². The Bertz CT molecular complexity index is 468. The molecule has 0 spiro atoms. The topological polar surface area (TPSA) is 56.2 Å². The van der Waals surface area contributed by atoms with E-state index < -0.39 is 0 Å². The van der Waals surface area contributed by atoms with Crippen LogP contribution in [0.15, 0.2) is 42.7 Å². The van der Waals surface area contributed by atoms with Crippen molar-refractivity contribution >= 4 is 0 Å². The summed E-state index contributed by atoms with van der Waals surface area (Å²) in [6.45, 7) is 0.912. The fourth-order valence-corrected chi connectivity index (χ4v) is 1.80. The van der Waals surface area contributed by atoms with Crippen LogP contribution in [0.4, 0.5) is 0 Å². The molecule has 0 saturated heterocycles. The first-order valence-corrected chi connectivity index (χ1v) is 5.70. The van der Waals surface area contributed by atoms with Crippen molar-refractivity contribution in [3.63, 3.8) is 0 Å². The van der Waals surface area contributed by atoms with Gasteiger partial charge in [0.25, 0.3) is 0 Å². The molecular weight excluding hydrogens is 212 g/mol. The van der Waals surface area contributed by atoms with Crippen LogP contribution in [0.1, 0.15) is 5.56 Å². The maximum Gasteiger partial charge on any atom is 0.0983 e. The summed E-state index contributed by atoms with van der Waals surface area (Å²) in [7, 11) is 1.95. The molecule has 17 heavy (non-hydrogen) atoms. The van der Waals surface area contributed by atoms with Crippen molar-refractivity contribution < 1.29 is 5.01 Å². The molecule has 1 atom stereocenters. The third kappa shape index (κ3) is 3.09. The van der Waals surface area contributed by atoms with Crippen LogP contribution in [-0.4, -0.2) is 23.8 Å². The van der Waals surface area contributed by atoms with Crippen molar-refractivity contribution in [2.24, 2.45) is 5.84 Å². The molecule has 2 aromatic rings. The lowest BCUT2D eigenvalue weighted by molar-refractivity contribution is -0.892. The third-order valence-electron chi connectivity index (χ3n) is 2.70. The molecule has 0 aliphatic rings. The maximum absolute atomic E-state index is 5.72. The smallest absolute Gasteiger partial charge is 0.0983 e. The number of likely N-dealkylation sites (N-methyl/N-ethyl adjacent to an activating group) is 1. The lowest BCUT2D eigenvalue weighted by atomic mass is 9.99. The zero-order chi connectivity index (χ0) is 12.1. The first-order chi connectivity index (χ1) is 8.27. The molecule has 2 rings (SSSR count). The highest BCUT2D eigenvalue weighted by Crippen LogP contribution is 2.22. The predicted octanol–water partition coefficient (Wildman–Crippen LogP) is 0.0745. The normalized spacial score (nSPS) is 12.4. The van der Waals surface area contributed by atoms with E-state index in [-0.39, 0.29) is 0 Å². The predicted molar refractivity (Wildman–Crippen MR) is 67.1 cm³/mol. The van der Waals surface area contributed by atoms with E-state index in [0.717, 1.165) is 23.5 Å². The van der Waals surface area contributed by atoms with Gasteiger partial charge in [-0.3, -0.25) is 5.01 Å². The number of rotatable bonds is 4.